The fraction of sp³-hybridized carbons (Fsp3) is 0.238. The van der Waals surface area contributed by atoms with E-state index in [0.29, 0.717) is 35.3 Å². The number of hydrogen-bond donors (Lipinski definition) is 2. The van der Waals surface area contributed by atoms with E-state index in [1.165, 1.54) is 26.2 Å². The number of nitrogens with one attached hydrogen (secondary N) is 2. The quantitative estimate of drug-likeness (QED) is 0.456. The van der Waals surface area contributed by atoms with E-state index in [-0.39, 0.29) is 11.7 Å². The van der Waals surface area contributed by atoms with Gasteiger partial charge in [0.1, 0.15) is 5.41 Å². The highest BCUT2D eigenvalue weighted by Crippen LogP contribution is 2.47. The Balaban J connectivity index is 1.65. The monoisotopic (exact) mass is 380 g/mol. The molecule has 1 aliphatic carbocycles. The molecule has 0 atom stereocenters. The van der Waals surface area contributed by atoms with Gasteiger partial charge >= 0.3 is 5.97 Å². The summed E-state index contributed by atoms with van der Waals surface area (Å²) in [5.74, 6) is -1.30. The smallest absolute Gasteiger partial charge is 0.337 e. The van der Waals surface area contributed by atoms with Crippen LogP contribution in [0.3, 0.4) is 0 Å². The first kappa shape index (κ1) is 19.3. The first-order valence-corrected chi connectivity index (χ1v) is 8.78. The third kappa shape index (κ3) is 3.93. The number of methoxy groups -OCH3 is 1. The standard InChI is InChI=1S/C21H20N2O5/c1-13(24)14-3-7-16(8-4-14)22-19(26)21(11-12-21)20(27)23-17-9-5-15(6-10-17)18(25)28-2/h3-10H,11-12H2,1-2H3,(H,22,26)(H,23,27). The van der Waals surface area contributed by atoms with Gasteiger partial charge in [-0.2, -0.15) is 0 Å². The van der Waals surface area contributed by atoms with Gasteiger partial charge in [-0.1, -0.05) is 0 Å². The molecule has 7 nitrogen and oxygen atoms in total. The van der Waals surface area contributed by atoms with E-state index in [1.54, 1.807) is 36.4 Å². The molecular weight excluding hydrogens is 360 g/mol. The zero-order valence-corrected chi connectivity index (χ0v) is 15.6. The third-order valence-corrected chi connectivity index (χ3v) is 4.73. The normalized spacial score (nSPS) is 13.9. The number of esters is 1. The van der Waals surface area contributed by atoms with E-state index >= 15 is 0 Å². The molecule has 1 saturated carbocycles. The van der Waals surface area contributed by atoms with Crippen molar-refractivity contribution >= 4 is 34.9 Å². The van der Waals surface area contributed by atoms with Crippen molar-refractivity contribution in [3.63, 3.8) is 0 Å². The highest BCUT2D eigenvalue weighted by atomic mass is 16.5. The lowest BCUT2D eigenvalue weighted by Crippen LogP contribution is -2.35. The fourth-order valence-electron chi connectivity index (χ4n) is 2.78. The highest BCUT2D eigenvalue weighted by Gasteiger charge is 2.56. The first-order valence-electron chi connectivity index (χ1n) is 8.78. The van der Waals surface area contributed by atoms with Crippen LogP contribution < -0.4 is 10.6 Å². The van der Waals surface area contributed by atoms with E-state index < -0.39 is 17.3 Å². The number of amides is 2. The third-order valence-electron chi connectivity index (χ3n) is 4.73. The van der Waals surface area contributed by atoms with E-state index in [2.05, 4.69) is 15.4 Å². The summed E-state index contributed by atoms with van der Waals surface area (Å²) in [5, 5.41) is 5.46. The van der Waals surface area contributed by atoms with Crippen LogP contribution in [0, 0.1) is 5.41 Å². The molecule has 144 valence electrons. The summed E-state index contributed by atoms with van der Waals surface area (Å²) in [7, 11) is 1.29. The average Bonchev–Trinajstić information content (AvgIpc) is 3.50. The Hall–Kier alpha value is -3.48. The number of rotatable bonds is 6. The molecule has 0 aromatic heterocycles. The largest absolute Gasteiger partial charge is 0.465 e. The van der Waals surface area contributed by atoms with Crippen molar-refractivity contribution in [3.05, 3.63) is 59.7 Å². The Labute approximate surface area is 162 Å². The molecule has 0 bridgehead atoms. The van der Waals surface area contributed by atoms with Gasteiger partial charge in [-0.15, -0.1) is 0 Å². The predicted octanol–water partition coefficient (Wildman–Crippen LogP) is 3.03. The minimum Gasteiger partial charge on any atom is -0.465 e. The summed E-state index contributed by atoms with van der Waals surface area (Å²) in [6, 6.07) is 12.8. The summed E-state index contributed by atoms with van der Waals surface area (Å²) in [6.45, 7) is 1.47. The van der Waals surface area contributed by atoms with Gasteiger partial charge in [0.15, 0.2) is 5.78 Å². The zero-order valence-electron chi connectivity index (χ0n) is 15.6. The van der Waals surface area contributed by atoms with Gasteiger partial charge in [0.05, 0.1) is 12.7 Å². The fourth-order valence-corrected chi connectivity index (χ4v) is 2.78. The lowest BCUT2D eigenvalue weighted by atomic mass is 10.0. The lowest BCUT2D eigenvalue weighted by Gasteiger charge is -2.16. The number of ketones is 1. The maximum Gasteiger partial charge on any atom is 0.337 e. The minimum atomic E-state index is -1.11. The molecule has 0 saturated heterocycles. The van der Waals surface area contributed by atoms with Crippen molar-refractivity contribution in [2.75, 3.05) is 17.7 Å². The topological polar surface area (TPSA) is 102 Å². The molecule has 3 rings (SSSR count). The summed E-state index contributed by atoms with van der Waals surface area (Å²) in [6.07, 6.45) is 0.910. The molecule has 2 aromatic carbocycles. The van der Waals surface area contributed by atoms with Gasteiger partial charge in [-0.3, -0.25) is 14.4 Å². The van der Waals surface area contributed by atoms with Crippen LogP contribution in [0.25, 0.3) is 0 Å². The SMILES string of the molecule is COC(=O)c1ccc(NC(=O)C2(C(=O)Nc3ccc(C(C)=O)cc3)CC2)cc1. The van der Waals surface area contributed by atoms with Gasteiger partial charge in [0.2, 0.25) is 11.8 Å². The lowest BCUT2D eigenvalue weighted by molar-refractivity contribution is -0.131. The second kappa shape index (κ2) is 7.64. The second-order valence-corrected chi connectivity index (χ2v) is 6.69. The van der Waals surface area contributed by atoms with Gasteiger partial charge < -0.3 is 15.4 Å². The molecule has 2 amide bonds. The maximum absolute atomic E-state index is 12.6. The maximum atomic E-state index is 12.6. The molecule has 28 heavy (non-hydrogen) atoms. The van der Waals surface area contributed by atoms with Crippen LogP contribution in [0.2, 0.25) is 0 Å². The van der Waals surface area contributed by atoms with Gasteiger partial charge in [-0.25, -0.2) is 4.79 Å². The molecule has 0 aliphatic heterocycles. The Bertz CT molecular complexity index is 928. The number of anilines is 2. The Morgan fingerprint density at radius 3 is 1.57 bits per heavy atom. The highest BCUT2D eigenvalue weighted by molar-refractivity contribution is 6.17. The van der Waals surface area contributed by atoms with Crippen molar-refractivity contribution in [2.24, 2.45) is 5.41 Å². The molecule has 1 fully saturated rings. The molecule has 2 N–H and O–H groups in total. The number of ether oxygens (including phenoxy) is 1. The summed E-state index contributed by atoms with van der Waals surface area (Å²) < 4.78 is 4.63. The van der Waals surface area contributed by atoms with Gasteiger partial charge in [0.25, 0.3) is 0 Å². The molecular formula is C21H20N2O5. The molecule has 2 aromatic rings. The number of benzene rings is 2. The van der Waals surface area contributed by atoms with Gasteiger partial charge in [-0.05, 0) is 68.3 Å². The van der Waals surface area contributed by atoms with Crippen LogP contribution in [0.15, 0.2) is 48.5 Å². The molecule has 0 heterocycles. The average molecular weight is 380 g/mol. The van der Waals surface area contributed by atoms with Crippen LogP contribution in [-0.4, -0.2) is 30.7 Å². The summed E-state index contributed by atoms with van der Waals surface area (Å²) in [5.41, 5.74) is 0.819. The van der Waals surface area contributed by atoms with Crippen LogP contribution in [0.4, 0.5) is 11.4 Å². The van der Waals surface area contributed by atoms with Crippen molar-refractivity contribution in [1.29, 1.82) is 0 Å². The van der Waals surface area contributed by atoms with E-state index in [4.69, 9.17) is 0 Å². The van der Waals surface area contributed by atoms with Crippen molar-refractivity contribution < 1.29 is 23.9 Å². The van der Waals surface area contributed by atoms with E-state index in [0.717, 1.165) is 0 Å². The molecule has 0 unspecified atom stereocenters. The number of carbonyl (C=O) groups excluding carboxylic acids is 4. The minimum absolute atomic E-state index is 0.0610. The van der Waals surface area contributed by atoms with Crippen LogP contribution in [0.5, 0.6) is 0 Å². The zero-order chi connectivity index (χ0) is 20.3. The van der Waals surface area contributed by atoms with Crippen molar-refractivity contribution in [1.82, 2.24) is 0 Å². The van der Waals surface area contributed by atoms with Crippen LogP contribution >= 0.6 is 0 Å². The van der Waals surface area contributed by atoms with E-state index in [1.807, 2.05) is 0 Å². The molecule has 0 radical (unpaired) electrons. The van der Waals surface area contributed by atoms with Crippen LogP contribution in [-0.2, 0) is 14.3 Å². The van der Waals surface area contributed by atoms with Crippen molar-refractivity contribution in [2.45, 2.75) is 19.8 Å². The van der Waals surface area contributed by atoms with Gasteiger partial charge in [0, 0.05) is 16.9 Å². The van der Waals surface area contributed by atoms with E-state index in [9.17, 15) is 19.2 Å². The Morgan fingerprint density at radius 2 is 1.21 bits per heavy atom. The van der Waals surface area contributed by atoms with Crippen LogP contribution in [0.1, 0.15) is 40.5 Å². The number of Topliss-reactive ketones (excluding diaryl/α,β-unsaturated/α-hetero) is 1. The number of carbonyl (C=O) groups is 4. The molecule has 7 heteroatoms. The second-order valence-electron chi connectivity index (χ2n) is 6.69. The summed E-state index contributed by atoms with van der Waals surface area (Å²) in [4.78, 5) is 48.0. The first-order chi connectivity index (χ1) is 13.4. The Kier molecular flexibility index (Phi) is 5.26. The van der Waals surface area contributed by atoms with Crippen molar-refractivity contribution in [3.8, 4) is 0 Å². The number of hydrogen-bond acceptors (Lipinski definition) is 5. The molecule has 0 spiro atoms. The Morgan fingerprint density at radius 1 is 0.786 bits per heavy atom. The predicted molar refractivity (Wildman–Crippen MR) is 103 cm³/mol. The summed E-state index contributed by atoms with van der Waals surface area (Å²) >= 11 is 0. The molecule has 1 aliphatic rings.